The van der Waals surface area contributed by atoms with E-state index >= 15 is 0 Å². The summed E-state index contributed by atoms with van der Waals surface area (Å²) in [5, 5.41) is 0.588. The molecule has 1 aliphatic heterocycles. The summed E-state index contributed by atoms with van der Waals surface area (Å²) in [5.74, 6) is 11.7. The number of hydrogen-bond donors (Lipinski definition) is 2. The van der Waals surface area contributed by atoms with Crippen molar-refractivity contribution in [1.82, 2.24) is 5.43 Å². The second kappa shape index (κ2) is 5.76. The van der Waals surface area contributed by atoms with E-state index in [1.165, 1.54) is 17.3 Å². The van der Waals surface area contributed by atoms with Crippen LogP contribution in [0.15, 0.2) is 0 Å². The predicted octanol–water partition coefficient (Wildman–Crippen LogP) is 0.690. The highest BCUT2D eigenvalue weighted by molar-refractivity contribution is 8.06. The Balaban J connectivity index is 2.36. The molecule has 1 aliphatic rings. The van der Waals surface area contributed by atoms with Gasteiger partial charge >= 0.3 is 0 Å². The van der Waals surface area contributed by atoms with Gasteiger partial charge in [0.05, 0.1) is 0 Å². The first-order chi connectivity index (χ1) is 5.88. The van der Waals surface area contributed by atoms with E-state index in [0.717, 1.165) is 6.42 Å². The number of terminal acetylenes is 1. The first-order valence-electron chi connectivity index (χ1n) is 3.97. The Kier molecular flexibility index (Phi) is 4.93. The maximum Gasteiger partial charge on any atom is 0.0446 e. The van der Waals surface area contributed by atoms with Crippen molar-refractivity contribution in [3.63, 3.8) is 0 Å². The summed E-state index contributed by atoms with van der Waals surface area (Å²) in [6, 6.07) is 0.285. The Labute approximate surface area is 82.4 Å². The van der Waals surface area contributed by atoms with Crippen LogP contribution in [0.4, 0.5) is 0 Å². The molecule has 3 N–H and O–H groups in total. The predicted molar refractivity (Wildman–Crippen MR) is 58.1 cm³/mol. The smallest absolute Gasteiger partial charge is 0.0446 e. The summed E-state index contributed by atoms with van der Waals surface area (Å²) in [7, 11) is 0. The van der Waals surface area contributed by atoms with Crippen molar-refractivity contribution in [2.45, 2.75) is 17.7 Å². The topological polar surface area (TPSA) is 38.0 Å². The lowest BCUT2D eigenvalue weighted by Crippen LogP contribution is -2.44. The van der Waals surface area contributed by atoms with Crippen LogP contribution < -0.4 is 11.3 Å². The number of nitrogens with two attached hydrogens (primary N) is 1. The third-order valence-electron chi connectivity index (χ3n) is 1.84. The van der Waals surface area contributed by atoms with E-state index in [9.17, 15) is 0 Å². The summed E-state index contributed by atoms with van der Waals surface area (Å²) in [6.07, 6.45) is 5.98. The summed E-state index contributed by atoms with van der Waals surface area (Å²) < 4.78 is 0. The van der Waals surface area contributed by atoms with Crippen LogP contribution in [0.2, 0.25) is 0 Å². The third kappa shape index (κ3) is 2.91. The summed E-state index contributed by atoms with van der Waals surface area (Å²) >= 11 is 3.96. The molecule has 0 aromatic rings. The standard InChI is InChI=1S/C8H14N2S2/c1-2-3-7(10-9)8-6-11-4-5-12-8/h1,7-8,10H,3-6,9H2. The van der Waals surface area contributed by atoms with Gasteiger partial charge in [0.15, 0.2) is 0 Å². The summed E-state index contributed by atoms with van der Waals surface area (Å²) in [5.41, 5.74) is 2.80. The van der Waals surface area contributed by atoms with Crippen LogP contribution in [-0.2, 0) is 0 Å². The van der Waals surface area contributed by atoms with Gasteiger partial charge in [0, 0.05) is 35.0 Å². The quantitative estimate of drug-likeness (QED) is 0.401. The number of rotatable bonds is 3. The second-order valence-electron chi connectivity index (χ2n) is 2.67. The minimum atomic E-state index is 0.285. The van der Waals surface area contributed by atoms with Gasteiger partial charge in [-0.05, 0) is 0 Å². The largest absolute Gasteiger partial charge is 0.271 e. The molecule has 0 aromatic carbocycles. The summed E-state index contributed by atoms with van der Waals surface area (Å²) in [4.78, 5) is 0. The molecule has 1 rings (SSSR count). The highest BCUT2D eigenvalue weighted by Gasteiger charge is 2.22. The van der Waals surface area contributed by atoms with Gasteiger partial charge in [0.1, 0.15) is 0 Å². The van der Waals surface area contributed by atoms with Gasteiger partial charge < -0.3 is 0 Å². The van der Waals surface area contributed by atoms with Gasteiger partial charge in [-0.3, -0.25) is 11.3 Å². The van der Waals surface area contributed by atoms with Crippen LogP contribution in [0.3, 0.4) is 0 Å². The molecule has 0 radical (unpaired) electrons. The van der Waals surface area contributed by atoms with Crippen LogP contribution in [0.25, 0.3) is 0 Å². The molecule has 68 valence electrons. The van der Waals surface area contributed by atoms with Crippen molar-refractivity contribution in [2.24, 2.45) is 5.84 Å². The molecule has 1 fully saturated rings. The van der Waals surface area contributed by atoms with Gasteiger partial charge in [-0.2, -0.15) is 23.5 Å². The van der Waals surface area contributed by atoms with E-state index in [1.54, 1.807) is 0 Å². The van der Waals surface area contributed by atoms with Gasteiger partial charge in [-0.25, -0.2) is 0 Å². The monoisotopic (exact) mass is 202 g/mol. The molecular weight excluding hydrogens is 188 g/mol. The Morgan fingerprint density at radius 3 is 3.00 bits per heavy atom. The van der Waals surface area contributed by atoms with Crippen molar-refractivity contribution in [1.29, 1.82) is 0 Å². The fourth-order valence-electron chi connectivity index (χ4n) is 1.16. The van der Waals surface area contributed by atoms with Crippen LogP contribution >= 0.6 is 23.5 Å². The van der Waals surface area contributed by atoms with Crippen LogP contribution in [0.1, 0.15) is 6.42 Å². The maximum absolute atomic E-state index is 5.42. The first kappa shape index (κ1) is 10.3. The minimum Gasteiger partial charge on any atom is -0.271 e. The normalized spacial score (nSPS) is 26.2. The van der Waals surface area contributed by atoms with Crippen molar-refractivity contribution < 1.29 is 0 Å². The molecule has 0 bridgehead atoms. The van der Waals surface area contributed by atoms with Gasteiger partial charge in [-0.1, -0.05) is 0 Å². The van der Waals surface area contributed by atoms with Crippen LogP contribution in [0.5, 0.6) is 0 Å². The molecule has 0 saturated carbocycles. The lowest BCUT2D eigenvalue weighted by Gasteiger charge is -2.27. The SMILES string of the molecule is C#CCC(NN)C1CSCCS1. The van der Waals surface area contributed by atoms with Gasteiger partial charge in [-0.15, -0.1) is 12.3 Å². The Morgan fingerprint density at radius 2 is 2.50 bits per heavy atom. The minimum absolute atomic E-state index is 0.285. The van der Waals surface area contributed by atoms with Crippen LogP contribution in [0, 0.1) is 12.3 Å². The molecule has 12 heavy (non-hydrogen) atoms. The van der Waals surface area contributed by atoms with E-state index in [-0.39, 0.29) is 6.04 Å². The van der Waals surface area contributed by atoms with E-state index in [2.05, 4.69) is 11.3 Å². The van der Waals surface area contributed by atoms with E-state index in [4.69, 9.17) is 12.3 Å². The molecule has 1 heterocycles. The average molecular weight is 202 g/mol. The molecule has 2 atom stereocenters. The van der Waals surface area contributed by atoms with E-state index in [0.29, 0.717) is 5.25 Å². The van der Waals surface area contributed by atoms with Crippen molar-refractivity contribution in [3.8, 4) is 12.3 Å². The zero-order valence-corrected chi connectivity index (χ0v) is 8.59. The van der Waals surface area contributed by atoms with Gasteiger partial charge in [0.25, 0.3) is 0 Å². The summed E-state index contributed by atoms with van der Waals surface area (Å²) in [6.45, 7) is 0. The fourth-order valence-corrected chi connectivity index (χ4v) is 4.03. The maximum atomic E-state index is 5.42. The molecule has 2 unspecified atom stereocenters. The fraction of sp³-hybridized carbons (Fsp3) is 0.750. The zero-order chi connectivity index (χ0) is 8.81. The third-order valence-corrected chi connectivity index (χ3v) is 4.76. The van der Waals surface area contributed by atoms with Crippen LogP contribution in [-0.4, -0.2) is 28.6 Å². The molecule has 0 aromatic heterocycles. The number of nitrogens with one attached hydrogen (secondary N) is 1. The molecule has 1 saturated heterocycles. The van der Waals surface area contributed by atoms with E-state index < -0.39 is 0 Å². The lowest BCUT2D eigenvalue weighted by atomic mass is 10.2. The Bertz CT molecular complexity index is 161. The number of thioether (sulfide) groups is 2. The highest BCUT2D eigenvalue weighted by Crippen LogP contribution is 2.27. The molecule has 0 aliphatic carbocycles. The molecule has 0 amide bonds. The number of hydrogen-bond acceptors (Lipinski definition) is 4. The average Bonchev–Trinajstić information content (AvgIpc) is 2.15. The molecule has 4 heteroatoms. The molecule has 0 spiro atoms. The zero-order valence-electron chi connectivity index (χ0n) is 6.95. The van der Waals surface area contributed by atoms with Crippen molar-refractivity contribution in [2.75, 3.05) is 17.3 Å². The highest BCUT2D eigenvalue weighted by atomic mass is 32.2. The Hall–Kier alpha value is 0.180. The van der Waals surface area contributed by atoms with Crippen molar-refractivity contribution >= 4 is 23.5 Å². The van der Waals surface area contributed by atoms with Gasteiger partial charge in [0.2, 0.25) is 0 Å². The molecular formula is C8H14N2S2. The number of hydrazine groups is 1. The second-order valence-corrected chi connectivity index (χ2v) is 5.16. The molecule has 2 nitrogen and oxygen atoms in total. The first-order valence-corrected chi connectivity index (χ1v) is 6.17. The Morgan fingerprint density at radius 1 is 1.67 bits per heavy atom. The van der Waals surface area contributed by atoms with Crippen molar-refractivity contribution in [3.05, 3.63) is 0 Å². The lowest BCUT2D eigenvalue weighted by molar-refractivity contribution is 0.538. The van der Waals surface area contributed by atoms with E-state index in [1.807, 2.05) is 23.5 Å².